The van der Waals surface area contributed by atoms with Crippen LogP contribution >= 0.6 is 0 Å². The first-order chi connectivity index (χ1) is 14.2. The fourth-order valence-electron chi connectivity index (χ4n) is 4.56. The van der Waals surface area contributed by atoms with Gasteiger partial charge in [-0.2, -0.15) is 0 Å². The van der Waals surface area contributed by atoms with Crippen molar-refractivity contribution < 1.29 is 9.32 Å². The van der Waals surface area contributed by atoms with E-state index in [0.717, 1.165) is 51.3 Å². The van der Waals surface area contributed by atoms with Gasteiger partial charge in [0.1, 0.15) is 0 Å². The smallest absolute Gasteiger partial charge is 0.224 e. The van der Waals surface area contributed by atoms with Crippen molar-refractivity contribution in [1.29, 1.82) is 0 Å². The van der Waals surface area contributed by atoms with Gasteiger partial charge in [-0.25, -0.2) is 0 Å². The summed E-state index contributed by atoms with van der Waals surface area (Å²) in [6.45, 7) is 7.48. The molecule has 7 nitrogen and oxygen atoms in total. The number of hydrogen-bond donors (Lipinski definition) is 1. The van der Waals surface area contributed by atoms with E-state index in [0.29, 0.717) is 18.3 Å². The standard InChI is InChI=1S/C22H31N5O2/c1-17-12-21(29-25-17)14-24-22(28)19-5-3-9-27(16-19)20-6-10-26(11-7-20)15-18-4-2-8-23-13-18/h2,4,8,12-13,19-20H,3,5-7,9-11,14-16H2,1H3,(H,24,28). The Labute approximate surface area is 172 Å². The molecule has 7 heteroatoms. The third kappa shape index (κ3) is 5.42. The summed E-state index contributed by atoms with van der Waals surface area (Å²) in [5.41, 5.74) is 2.12. The highest BCUT2D eigenvalue weighted by molar-refractivity contribution is 5.78. The molecule has 0 aromatic carbocycles. The molecule has 2 aliphatic heterocycles. The second-order valence-corrected chi connectivity index (χ2v) is 8.36. The number of aromatic nitrogens is 2. The molecule has 2 aliphatic rings. The summed E-state index contributed by atoms with van der Waals surface area (Å²) in [7, 11) is 0. The van der Waals surface area contributed by atoms with Gasteiger partial charge in [0.2, 0.25) is 5.91 Å². The minimum atomic E-state index is 0.0705. The van der Waals surface area contributed by atoms with Gasteiger partial charge in [-0.05, 0) is 63.9 Å². The molecule has 1 atom stereocenters. The highest BCUT2D eigenvalue weighted by atomic mass is 16.5. The van der Waals surface area contributed by atoms with Crippen molar-refractivity contribution in [1.82, 2.24) is 25.3 Å². The number of likely N-dealkylation sites (tertiary alicyclic amines) is 2. The minimum absolute atomic E-state index is 0.0705. The summed E-state index contributed by atoms with van der Waals surface area (Å²) in [6, 6.07) is 6.61. The van der Waals surface area contributed by atoms with Crippen LogP contribution in [0.3, 0.4) is 0 Å². The summed E-state index contributed by atoms with van der Waals surface area (Å²) >= 11 is 0. The second-order valence-electron chi connectivity index (χ2n) is 8.36. The van der Waals surface area contributed by atoms with Crippen LogP contribution in [-0.2, 0) is 17.9 Å². The zero-order valence-corrected chi connectivity index (χ0v) is 17.2. The number of nitrogens with zero attached hydrogens (tertiary/aromatic N) is 4. The summed E-state index contributed by atoms with van der Waals surface area (Å²) in [5.74, 6) is 0.920. The molecule has 0 saturated carbocycles. The molecule has 2 aromatic rings. The lowest BCUT2D eigenvalue weighted by atomic mass is 9.93. The molecule has 0 spiro atoms. The number of piperidine rings is 2. The monoisotopic (exact) mass is 397 g/mol. The quantitative estimate of drug-likeness (QED) is 0.807. The van der Waals surface area contributed by atoms with Gasteiger partial charge < -0.3 is 9.84 Å². The molecule has 1 amide bonds. The maximum atomic E-state index is 12.6. The SMILES string of the molecule is Cc1cc(CNC(=O)C2CCCN(C3CCN(Cc4cccnc4)CC3)C2)on1. The third-order valence-corrected chi connectivity index (χ3v) is 6.14. The number of carbonyl (C=O) groups is 1. The van der Waals surface area contributed by atoms with Gasteiger partial charge in [0.25, 0.3) is 0 Å². The average Bonchev–Trinajstić information content (AvgIpc) is 3.18. The van der Waals surface area contributed by atoms with Crippen molar-refractivity contribution in [3.05, 3.63) is 47.6 Å². The van der Waals surface area contributed by atoms with Gasteiger partial charge in [0.05, 0.1) is 18.2 Å². The molecule has 156 valence electrons. The second kappa shape index (κ2) is 9.50. The van der Waals surface area contributed by atoms with Crippen LogP contribution in [0.4, 0.5) is 0 Å². The lowest BCUT2D eigenvalue weighted by Gasteiger charge is -2.42. The summed E-state index contributed by atoms with van der Waals surface area (Å²) in [5, 5.41) is 6.90. The van der Waals surface area contributed by atoms with Crippen LogP contribution in [-0.4, -0.2) is 58.1 Å². The van der Waals surface area contributed by atoms with E-state index in [9.17, 15) is 4.79 Å². The van der Waals surface area contributed by atoms with Crippen LogP contribution in [0.2, 0.25) is 0 Å². The molecular weight excluding hydrogens is 366 g/mol. The van der Waals surface area contributed by atoms with Crippen molar-refractivity contribution >= 4 is 5.91 Å². The van der Waals surface area contributed by atoms with Crippen LogP contribution in [0.5, 0.6) is 0 Å². The van der Waals surface area contributed by atoms with E-state index in [2.05, 4.69) is 31.3 Å². The fourth-order valence-corrected chi connectivity index (χ4v) is 4.56. The van der Waals surface area contributed by atoms with Crippen LogP contribution in [0, 0.1) is 12.8 Å². The van der Waals surface area contributed by atoms with Gasteiger partial charge in [0.15, 0.2) is 5.76 Å². The Morgan fingerprint density at radius 2 is 2.14 bits per heavy atom. The Hall–Kier alpha value is -2.25. The Morgan fingerprint density at radius 3 is 2.86 bits per heavy atom. The van der Waals surface area contributed by atoms with Gasteiger partial charge in [-0.15, -0.1) is 0 Å². The molecule has 2 saturated heterocycles. The molecule has 2 aromatic heterocycles. The Bertz CT molecular complexity index is 786. The topological polar surface area (TPSA) is 74.5 Å². The zero-order chi connectivity index (χ0) is 20.1. The largest absolute Gasteiger partial charge is 0.359 e. The van der Waals surface area contributed by atoms with E-state index in [-0.39, 0.29) is 11.8 Å². The van der Waals surface area contributed by atoms with Crippen LogP contribution < -0.4 is 5.32 Å². The lowest BCUT2D eigenvalue weighted by molar-refractivity contribution is -0.127. The summed E-state index contributed by atoms with van der Waals surface area (Å²) in [4.78, 5) is 21.9. The zero-order valence-electron chi connectivity index (χ0n) is 17.2. The highest BCUT2D eigenvalue weighted by Crippen LogP contribution is 2.24. The molecule has 1 N–H and O–H groups in total. The molecule has 0 bridgehead atoms. The number of hydrogen-bond acceptors (Lipinski definition) is 6. The normalized spacial score (nSPS) is 21.9. The number of pyridine rings is 1. The minimum Gasteiger partial charge on any atom is -0.359 e. The molecule has 0 aliphatic carbocycles. The van der Waals surface area contributed by atoms with E-state index in [1.54, 1.807) is 0 Å². The first-order valence-electron chi connectivity index (χ1n) is 10.7. The number of amides is 1. The van der Waals surface area contributed by atoms with Crippen molar-refractivity contribution in [3.8, 4) is 0 Å². The molecule has 4 rings (SSSR count). The van der Waals surface area contributed by atoms with Gasteiger partial charge in [-0.1, -0.05) is 11.2 Å². The lowest BCUT2D eigenvalue weighted by Crippen LogP contribution is -2.50. The van der Waals surface area contributed by atoms with Gasteiger partial charge >= 0.3 is 0 Å². The van der Waals surface area contributed by atoms with E-state index >= 15 is 0 Å². The molecule has 29 heavy (non-hydrogen) atoms. The molecular formula is C22H31N5O2. The van der Waals surface area contributed by atoms with Crippen molar-refractivity contribution in [2.45, 2.75) is 51.7 Å². The number of rotatable bonds is 6. The number of aryl methyl sites for hydroxylation is 1. The van der Waals surface area contributed by atoms with Crippen LogP contribution in [0.25, 0.3) is 0 Å². The third-order valence-electron chi connectivity index (χ3n) is 6.14. The van der Waals surface area contributed by atoms with Crippen molar-refractivity contribution in [2.75, 3.05) is 26.2 Å². The van der Waals surface area contributed by atoms with E-state index in [1.165, 1.54) is 18.4 Å². The first kappa shape index (κ1) is 20.0. The molecule has 1 unspecified atom stereocenters. The average molecular weight is 398 g/mol. The van der Waals surface area contributed by atoms with Crippen LogP contribution in [0.15, 0.2) is 35.1 Å². The van der Waals surface area contributed by atoms with Gasteiger partial charge in [0, 0.05) is 37.6 Å². The number of carbonyl (C=O) groups excluding carboxylic acids is 1. The first-order valence-corrected chi connectivity index (χ1v) is 10.7. The van der Waals surface area contributed by atoms with Gasteiger partial charge in [-0.3, -0.25) is 19.6 Å². The van der Waals surface area contributed by atoms with E-state index in [4.69, 9.17) is 4.52 Å². The van der Waals surface area contributed by atoms with E-state index < -0.39 is 0 Å². The summed E-state index contributed by atoms with van der Waals surface area (Å²) in [6.07, 6.45) is 8.19. The molecule has 4 heterocycles. The fraction of sp³-hybridized carbons (Fsp3) is 0.591. The maximum absolute atomic E-state index is 12.6. The predicted molar refractivity (Wildman–Crippen MR) is 110 cm³/mol. The van der Waals surface area contributed by atoms with Crippen molar-refractivity contribution in [3.63, 3.8) is 0 Å². The number of nitrogens with one attached hydrogen (secondary N) is 1. The summed E-state index contributed by atoms with van der Waals surface area (Å²) < 4.78 is 5.19. The Balaban J connectivity index is 1.23. The Morgan fingerprint density at radius 1 is 1.28 bits per heavy atom. The van der Waals surface area contributed by atoms with Crippen molar-refractivity contribution in [2.24, 2.45) is 5.92 Å². The highest BCUT2D eigenvalue weighted by Gasteiger charge is 2.31. The maximum Gasteiger partial charge on any atom is 0.224 e. The van der Waals surface area contributed by atoms with Crippen LogP contribution in [0.1, 0.15) is 42.7 Å². The molecule has 0 radical (unpaired) electrons. The van der Waals surface area contributed by atoms with E-state index in [1.807, 2.05) is 31.5 Å². The predicted octanol–water partition coefficient (Wildman–Crippen LogP) is 2.37. The Kier molecular flexibility index (Phi) is 6.56. The molecule has 2 fully saturated rings.